The van der Waals surface area contributed by atoms with E-state index in [0.29, 0.717) is 29.5 Å². The van der Waals surface area contributed by atoms with E-state index in [9.17, 15) is 9.59 Å². The normalized spacial score (nSPS) is 17.4. The monoisotopic (exact) mass is 545 g/mol. The molecule has 1 aliphatic carbocycles. The van der Waals surface area contributed by atoms with E-state index in [0.717, 1.165) is 53.4 Å². The van der Waals surface area contributed by atoms with Crippen molar-refractivity contribution in [3.05, 3.63) is 53.9 Å². The highest BCUT2D eigenvalue weighted by Crippen LogP contribution is 2.29. The van der Waals surface area contributed by atoms with E-state index in [2.05, 4.69) is 26.1 Å². The first-order valence-electron chi connectivity index (χ1n) is 13.2. The van der Waals surface area contributed by atoms with E-state index in [1.165, 1.54) is 11.8 Å². The molecule has 2 aliphatic rings. The minimum absolute atomic E-state index is 0.0223. The Labute approximate surface area is 230 Å². The number of likely N-dealkylation sites (tertiary alicyclic amines) is 1. The van der Waals surface area contributed by atoms with Crippen molar-refractivity contribution in [2.24, 2.45) is 5.92 Å². The molecule has 0 radical (unpaired) electrons. The lowest BCUT2D eigenvalue weighted by molar-refractivity contribution is -0.125. The molecule has 0 bridgehead atoms. The number of hydrogen-bond donors (Lipinski definition) is 4. The molecule has 4 aromatic rings. The second-order valence-corrected chi connectivity index (χ2v) is 11.3. The zero-order valence-corrected chi connectivity index (χ0v) is 22.7. The Hall–Kier alpha value is -3.90. The highest BCUT2D eigenvalue weighted by molar-refractivity contribution is 7.99. The first kappa shape index (κ1) is 25.4. The third kappa shape index (κ3) is 6.07. The van der Waals surface area contributed by atoms with Crippen molar-refractivity contribution in [1.82, 2.24) is 34.8 Å². The third-order valence-corrected chi connectivity index (χ3v) is 7.78. The fourth-order valence-electron chi connectivity index (χ4n) is 4.73. The number of H-pyrrole nitrogens is 1. The zero-order chi connectivity index (χ0) is 26.9. The third-order valence-electron chi connectivity index (χ3n) is 6.91. The summed E-state index contributed by atoms with van der Waals surface area (Å²) in [7, 11) is 0. The maximum absolute atomic E-state index is 12.6. The summed E-state index contributed by atoms with van der Waals surface area (Å²) in [6.07, 6.45) is 2.97. The average molecular weight is 546 g/mol. The van der Waals surface area contributed by atoms with Crippen LogP contribution >= 0.6 is 11.8 Å². The van der Waals surface area contributed by atoms with Gasteiger partial charge >= 0.3 is 0 Å². The summed E-state index contributed by atoms with van der Waals surface area (Å²) in [5.41, 5.74) is 3.48. The number of aromatic nitrogens is 5. The fourth-order valence-corrected chi connectivity index (χ4v) is 5.48. The number of rotatable bonds is 9. The van der Waals surface area contributed by atoms with Crippen molar-refractivity contribution in [1.29, 1.82) is 0 Å². The van der Waals surface area contributed by atoms with Gasteiger partial charge in [0, 0.05) is 40.6 Å². The van der Waals surface area contributed by atoms with Crippen molar-refractivity contribution in [3.8, 4) is 0 Å². The Balaban J connectivity index is 1.06. The van der Waals surface area contributed by atoms with Crippen LogP contribution in [0.25, 0.3) is 5.65 Å². The van der Waals surface area contributed by atoms with Gasteiger partial charge in [-0.2, -0.15) is 10.1 Å². The molecule has 4 N–H and O–H groups in total. The largest absolute Gasteiger partial charge is 0.353 e. The number of aryl methyl sites for hydroxylation is 2. The van der Waals surface area contributed by atoms with Crippen LogP contribution in [-0.2, 0) is 9.59 Å². The number of carbonyl (C=O) groups excluding carboxylic acids is 2. The van der Waals surface area contributed by atoms with Gasteiger partial charge in [0.05, 0.1) is 12.5 Å². The molecule has 4 heterocycles. The lowest BCUT2D eigenvalue weighted by Gasteiger charge is -2.16. The number of amides is 2. The predicted octanol–water partition coefficient (Wildman–Crippen LogP) is 3.50. The highest BCUT2D eigenvalue weighted by atomic mass is 32.2. The van der Waals surface area contributed by atoms with Crippen LogP contribution in [0.15, 0.2) is 52.5 Å². The Morgan fingerprint density at radius 3 is 2.64 bits per heavy atom. The molecular weight excluding hydrogens is 514 g/mol. The van der Waals surface area contributed by atoms with Gasteiger partial charge in [-0.1, -0.05) is 0 Å². The standard InChI is InChI=1S/C27H31N9O2S/c1-16-13-22(34-33-16)30-26-32-27(31-23-10-3-17(2)36(23)26)39-21-8-6-19(7-9-21)28-24(37)15-35-12-11-18(14-35)25(38)29-20-4-5-20/h3,6-10,13,18,20H,4-5,11-12,14-15H2,1-2H3,(H,28,37)(H,29,38)(H2,30,31,32,33,34)/t18-/m1/s1. The molecule has 6 rings (SSSR count). The molecule has 12 heteroatoms. The van der Waals surface area contributed by atoms with Gasteiger partial charge in [0.15, 0.2) is 11.0 Å². The summed E-state index contributed by atoms with van der Waals surface area (Å²) in [6.45, 7) is 5.61. The Morgan fingerprint density at radius 2 is 1.90 bits per heavy atom. The average Bonchev–Trinajstić information content (AvgIpc) is 3.24. The van der Waals surface area contributed by atoms with E-state index < -0.39 is 0 Å². The number of carbonyl (C=O) groups is 2. The maximum atomic E-state index is 12.6. The number of nitrogens with zero attached hydrogens (tertiary/aromatic N) is 5. The number of benzene rings is 1. The van der Waals surface area contributed by atoms with Crippen molar-refractivity contribution < 1.29 is 9.59 Å². The summed E-state index contributed by atoms with van der Waals surface area (Å²) in [5, 5.41) is 17.1. The van der Waals surface area contributed by atoms with E-state index in [1.807, 2.05) is 65.6 Å². The summed E-state index contributed by atoms with van der Waals surface area (Å²) in [6, 6.07) is 13.9. The van der Waals surface area contributed by atoms with Crippen LogP contribution in [0.5, 0.6) is 0 Å². The SMILES string of the molecule is Cc1cc(Nc2nc(Sc3ccc(NC(=O)CN4CC[C@@H](C(=O)NC5CC5)C4)cc3)nc3ccc(C)n23)n[nH]1. The Kier molecular flexibility index (Phi) is 6.96. The van der Waals surface area contributed by atoms with Gasteiger partial charge in [0.2, 0.25) is 17.8 Å². The molecule has 0 unspecified atom stereocenters. The second kappa shape index (κ2) is 10.7. The van der Waals surface area contributed by atoms with Gasteiger partial charge < -0.3 is 16.0 Å². The summed E-state index contributed by atoms with van der Waals surface area (Å²) < 4.78 is 1.95. The van der Waals surface area contributed by atoms with E-state index in [-0.39, 0.29) is 24.3 Å². The summed E-state index contributed by atoms with van der Waals surface area (Å²) in [5.74, 6) is 1.34. The molecule has 202 valence electrons. The molecule has 2 amide bonds. The van der Waals surface area contributed by atoms with Gasteiger partial charge in [0.25, 0.3) is 0 Å². The molecule has 0 spiro atoms. The molecule has 1 aromatic carbocycles. The van der Waals surface area contributed by atoms with Gasteiger partial charge in [0.1, 0.15) is 5.65 Å². The van der Waals surface area contributed by atoms with E-state index >= 15 is 0 Å². The predicted molar refractivity (Wildman–Crippen MR) is 149 cm³/mol. The van der Waals surface area contributed by atoms with Crippen LogP contribution in [0.3, 0.4) is 0 Å². The van der Waals surface area contributed by atoms with Crippen LogP contribution in [0.2, 0.25) is 0 Å². The van der Waals surface area contributed by atoms with Crippen LogP contribution in [0.4, 0.5) is 17.5 Å². The molecule has 1 aliphatic heterocycles. The molecule has 3 aromatic heterocycles. The molecule has 11 nitrogen and oxygen atoms in total. The minimum Gasteiger partial charge on any atom is -0.353 e. The van der Waals surface area contributed by atoms with Gasteiger partial charge in [-0.3, -0.25) is 24.0 Å². The lowest BCUT2D eigenvalue weighted by atomic mass is 10.1. The molecule has 1 saturated carbocycles. The number of anilines is 3. The maximum Gasteiger partial charge on any atom is 0.238 e. The topological polar surface area (TPSA) is 132 Å². The molecule has 1 saturated heterocycles. The lowest BCUT2D eigenvalue weighted by Crippen LogP contribution is -2.36. The van der Waals surface area contributed by atoms with Crippen LogP contribution in [0, 0.1) is 19.8 Å². The van der Waals surface area contributed by atoms with Gasteiger partial charge in [-0.15, -0.1) is 0 Å². The minimum atomic E-state index is -0.0830. The number of hydrogen-bond acceptors (Lipinski definition) is 8. The van der Waals surface area contributed by atoms with Crippen LogP contribution < -0.4 is 16.0 Å². The number of aromatic amines is 1. The fraction of sp³-hybridized carbons (Fsp3) is 0.370. The van der Waals surface area contributed by atoms with Crippen molar-refractivity contribution >= 4 is 46.7 Å². The number of nitrogens with one attached hydrogen (secondary N) is 4. The van der Waals surface area contributed by atoms with Crippen molar-refractivity contribution in [2.75, 3.05) is 30.3 Å². The summed E-state index contributed by atoms with van der Waals surface area (Å²) >= 11 is 1.44. The van der Waals surface area contributed by atoms with Crippen LogP contribution in [-0.4, -0.2) is 67.0 Å². The quantitative estimate of drug-likeness (QED) is 0.251. The smallest absolute Gasteiger partial charge is 0.238 e. The first-order chi connectivity index (χ1) is 18.9. The highest BCUT2D eigenvalue weighted by Gasteiger charge is 2.32. The Morgan fingerprint density at radius 1 is 1.08 bits per heavy atom. The van der Waals surface area contributed by atoms with E-state index in [4.69, 9.17) is 9.97 Å². The molecule has 39 heavy (non-hydrogen) atoms. The van der Waals surface area contributed by atoms with Gasteiger partial charge in [-0.25, -0.2) is 4.98 Å². The summed E-state index contributed by atoms with van der Waals surface area (Å²) in [4.78, 5) is 37.4. The molecular formula is C27H31N9O2S. The van der Waals surface area contributed by atoms with Crippen molar-refractivity contribution in [3.63, 3.8) is 0 Å². The zero-order valence-electron chi connectivity index (χ0n) is 21.9. The van der Waals surface area contributed by atoms with Crippen molar-refractivity contribution in [2.45, 2.75) is 49.2 Å². The number of fused-ring (bicyclic) bond motifs is 1. The molecule has 2 fully saturated rings. The second-order valence-electron chi connectivity index (χ2n) is 10.2. The van der Waals surface area contributed by atoms with Gasteiger partial charge in [-0.05, 0) is 87.8 Å². The Bertz CT molecular complexity index is 1510. The molecule has 1 atom stereocenters. The van der Waals surface area contributed by atoms with E-state index in [1.54, 1.807) is 0 Å². The van der Waals surface area contributed by atoms with Crippen LogP contribution in [0.1, 0.15) is 30.7 Å². The first-order valence-corrected chi connectivity index (χ1v) is 14.0.